The Hall–Kier alpha value is -1.03. The van der Waals surface area contributed by atoms with Gasteiger partial charge in [0, 0.05) is 17.9 Å². The topological polar surface area (TPSA) is 37.4 Å². The Morgan fingerprint density at radius 1 is 1.25 bits per heavy atom. The van der Waals surface area contributed by atoms with Crippen LogP contribution in [0.1, 0.15) is 6.42 Å². The van der Waals surface area contributed by atoms with Crippen molar-refractivity contribution in [1.82, 2.24) is 4.90 Å². The molecule has 3 nitrogen and oxygen atoms in total. The van der Waals surface area contributed by atoms with Crippen LogP contribution in [0, 0.1) is 0 Å². The van der Waals surface area contributed by atoms with Gasteiger partial charge in [-0.25, -0.2) is 4.90 Å². The number of carbonyl (C=O) groups excluding carboxylic acids is 2. The van der Waals surface area contributed by atoms with Crippen LogP contribution in [-0.2, 0) is 9.59 Å². The van der Waals surface area contributed by atoms with E-state index in [4.69, 9.17) is 0 Å². The molecule has 0 fully saturated rings. The Bertz CT molecular complexity index is 288. The van der Waals surface area contributed by atoms with Gasteiger partial charge in [-0.3, -0.25) is 9.59 Å². The molecule has 0 aromatic rings. The predicted octanol–water partition coefficient (Wildman–Crippen LogP) is 0.890. The van der Waals surface area contributed by atoms with Crippen molar-refractivity contribution >= 4 is 23.6 Å². The summed E-state index contributed by atoms with van der Waals surface area (Å²) in [4.78, 5) is 23.5. The Kier molecular flexibility index (Phi) is 1.77. The van der Waals surface area contributed by atoms with E-state index in [0.717, 1.165) is 17.2 Å². The molecule has 0 saturated carbocycles. The molecular weight excluding hydrogens is 174 g/mol. The Balaban J connectivity index is 2.23. The first-order valence-electron chi connectivity index (χ1n) is 3.68. The summed E-state index contributed by atoms with van der Waals surface area (Å²) >= 11 is 1.55. The summed E-state index contributed by atoms with van der Waals surface area (Å²) in [6.45, 7) is 0. The highest BCUT2D eigenvalue weighted by atomic mass is 32.2. The van der Waals surface area contributed by atoms with Crippen molar-refractivity contribution in [3.63, 3.8) is 0 Å². The minimum Gasteiger partial charge on any atom is -0.269 e. The second-order valence-corrected chi connectivity index (χ2v) is 3.64. The average Bonchev–Trinajstić information content (AvgIpc) is 2.61. The van der Waals surface area contributed by atoms with E-state index in [9.17, 15) is 9.59 Å². The lowest BCUT2D eigenvalue weighted by molar-refractivity contribution is -0.133. The number of hydrogen-bond acceptors (Lipinski definition) is 3. The van der Waals surface area contributed by atoms with E-state index in [1.54, 1.807) is 11.8 Å². The average molecular weight is 181 g/mol. The van der Waals surface area contributed by atoms with Gasteiger partial charge < -0.3 is 0 Å². The molecule has 0 N–H and O–H groups in total. The van der Waals surface area contributed by atoms with E-state index in [0.29, 0.717) is 0 Å². The minimum absolute atomic E-state index is 0.222. The van der Waals surface area contributed by atoms with Crippen LogP contribution >= 0.6 is 11.8 Å². The number of thioether (sulfide) groups is 1. The van der Waals surface area contributed by atoms with Crippen LogP contribution in [0.2, 0.25) is 0 Å². The highest BCUT2D eigenvalue weighted by molar-refractivity contribution is 8.03. The van der Waals surface area contributed by atoms with E-state index in [1.165, 1.54) is 17.1 Å². The molecule has 0 saturated heterocycles. The zero-order valence-electron chi connectivity index (χ0n) is 6.32. The molecule has 4 heteroatoms. The van der Waals surface area contributed by atoms with Crippen molar-refractivity contribution in [2.75, 3.05) is 5.75 Å². The van der Waals surface area contributed by atoms with Gasteiger partial charge >= 0.3 is 0 Å². The lowest BCUT2D eigenvalue weighted by Gasteiger charge is -2.13. The SMILES string of the molecule is O=C1C=CC(=O)N1C1=CCCS1. The number of nitrogens with zero attached hydrogens (tertiary/aromatic N) is 1. The third-order valence-corrected chi connectivity index (χ3v) is 2.80. The summed E-state index contributed by atoms with van der Waals surface area (Å²) in [6, 6.07) is 0. The maximum Gasteiger partial charge on any atom is 0.258 e. The van der Waals surface area contributed by atoms with Crippen molar-refractivity contribution in [2.24, 2.45) is 0 Å². The summed E-state index contributed by atoms with van der Waals surface area (Å²) in [5.41, 5.74) is 0. The quantitative estimate of drug-likeness (QED) is 0.564. The number of imide groups is 1. The molecule has 0 unspecified atom stereocenters. The molecule has 0 radical (unpaired) electrons. The normalized spacial score (nSPS) is 22.3. The van der Waals surface area contributed by atoms with Crippen molar-refractivity contribution < 1.29 is 9.59 Å². The standard InChI is InChI=1S/C8H7NO2S/c10-6-3-4-7(11)9(6)8-2-1-5-12-8/h2-4H,1,5H2. The number of amides is 2. The largest absolute Gasteiger partial charge is 0.269 e. The van der Waals surface area contributed by atoms with Gasteiger partial charge in [0.1, 0.15) is 0 Å². The molecule has 2 heterocycles. The molecular formula is C8H7NO2S. The van der Waals surface area contributed by atoms with Crippen LogP contribution < -0.4 is 0 Å². The lowest BCUT2D eigenvalue weighted by Crippen LogP contribution is -2.27. The van der Waals surface area contributed by atoms with Crippen LogP contribution in [0.5, 0.6) is 0 Å². The van der Waals surface area contributed by atoms with Crippen LogP contribution in [0.15, 0.2) is 23.3 Å². The number of allylic oxidation sites excluding steroid dienone is 1. The van der Waals surface area contributed by atoms with Gasteiger partial charge in [-0.15, -0.1) is 11.8 Å². The van der Waals surface area contributed by atoms with E-state index in [2.05, 4.69) is 0 Å². The lowest BCUT2D eigenvalue weighted by atomic mass is 10.4. The predicted molar refractivity (Wildman–Crippen MR) is 46.2 cm³/mol. The molecule has 0 spiro atoms. The fourth-order valence-corrected chi connectivity index (χ4v) is 2.17. The fraction of sp³-hybridized carbons (Fsp3) is 0.250. The molecule has 0 aromatic heterocycles. The summed E-state index contributed by atoms with van der Waals surface area (Å²) in [7, 11) is 0. The van der Waals surface area contributed by atoms with Gasteiger partial charge in [0.05, 0.1) is 5.03 Å². The first-order valence-corrected chi connectivity index (χ1v) is 4.67. The Morgan fingerprint density at radius 2 is 1.92 bits per heavy atom. The molecule has 2 aliphatic rings. The maximum atomic E-state index is 11.1. The van der Waals surface area contributed by atoms with Gasteiger partial charge in [0.15, 0.2) is 0 Å². The van der Waals surface area contributed by atoms with Crippen molar-refractivity contribution in [3.05, 3.63) is 23.3 Å². The third-order valence-electron chi connectivity index (χ3n) is 1.72. The van der Waals surface area contributed by atoms with E-state index < -0.39 is 0 Å². The van der Waals surface area contributed by atoms with Crippen LogP contribution in [-0.4, -0.2) is 22.5 Å². The molecule has 0 aliphatic carbocycles. The zero-order chi connectivity index (χ0) is 8.55. The maximum absolute atomic E-state index is 11.1. The smallest absolute Gasteiger partial charge is 0.258 e. The van der Waals surface area contributed by atoms with Gasteiger partial charge in [0.2, 0.25) is 0 Å². The molecule has 0 atom stereocenters. The number of rotatable bonds is 1. The van der Waals surface area contributed by atoms with E-state index in [1.807, 2.05) is 6.08 Å². The van der Waals surface area contributed by atoms with E-state index >= 15 is 0 Å². The fourth-order valence-electron chi connectivity index (χ4n) is 1.18. The van der Waals surface area contributed by atoms with Crippen LogP contribution in [0.25, 0.3) is 0 Å². The summed E-state index contributed by atoms with van der Waals surface area (Å²) in [5.74, 6) is 0.521. The zero-order valence-corrected chi connectivity index (χ0v) is 7.13. The van der Waals surface area contributed by atoms with Gasteiger partial charge in [-0.2, -0.15) is 0 Å². The molecule has 0 bridgehead atoms. The molecule has 2 aliphatic heterocycles. The molecule has 12 heavy (non-hydrogen) atoms. The number of hydrogen-bond donors (Lipinski definition) is 0. The van der Waals surface area contributed by atoms with Crippen molar-refractivity contribution in [2.45, 2.75) is 6.42 Å². The Morgan fingerprint density at radius 3 is 2.42 bits per heavy atom. The van der Waals surface area contributed by atoms with Gasteiger partial charge in [-0.1, -0.05) is 6.08 Å². The van der Waals surface area contributed by atoms with Crippen LogP contribution in [0.4, 0.5) is 0 Å². The highest BCUT2D eigenvalue weighted by Gasteiger charge is 2.28. The van der Waals surface area contributed by atoms with Crippen molar-refractivity contribution in [1.29, 1.82) is 0 Å². The molecule has 0 aromatic carbocycles. The molecule has 2 rings (SSSR count). The third kappa shape index (κ3) is 1.08. The Labute approximate surface area is 74.1 Å². The van der Waals surface area contributed by atoms with Gasteiger partial charge in [-0.05, 0) is 6.42 Å². The first kappa shape index (κ1) is 7.61. The number of carbonyl (C=O) groups is 2. The second kappa shape index (κ2) is 2.79. The van der Waals surface area contributed by atoms with Crippen LogP contribution in [0.3, 0.4) is 0 Å². The van der Waals surface area contributed by atoms with Crippen molar-refractivity contribution in [3.8, 4) is 0 Å². The summed E-state index contributed by atoms with van der Waals surface area (Å²) < 4.78 is 0. The summed E-state index contributed by atoms with van der Waals surface area (Å²) in [6.07, 6.45) is 5.48. The summed E-state index contributed by atoms with van der Waals surface area (Å²) in [5, 5.41) is 0.787. The van der Waals surface area contributed by atoms with Gasteiger partial charge in [0.25, 0.3) is 11.8 Å². The highest BCUT2D eigenvalue weighted by Crippen LogP contribution is 2.29. The molecule has 62 valence electrons. The second-order valence-electron chi connectivity index (χ2n) is 2.52. The minimum atomic E-state index is -0.222. The van der Waals surface area contributed by atoms with E-state index in [-0.39, 0.29) is 11.8 Å². The molecule has 2 amide bonds. The monoisotopic (exact) mass is 181 g/mol. The first-order chi connectivity index (χ1) is 5.79.